The van der Waals surface area contributed by atoms with E-state index in [1.807, 2.05) is 0 Å². The minimum Gasteiger partial charge on any atom is -0.300 e. The molecule has 1 nitrogen and oxygen atoms in total. The normalized spacial score (nSPS) is 27.9. The molecule has 1 saturated carbocycles. The molecule has 1 aliphatic rings. The van der Waals surface area contributed by atoms with Crippen LogP contribution in [-0.4, -0.2) is 5.78 Å². The first-order valence-corrected chi connectivity index (χ1v) is 6.94. The Morgan fingerprint density at radius 2 is 2.00 bits per heavy atom. The third-order valence-electron chi connectivity index (χ3n) is 4.24. The van der Waals surface area contributed by atoms with Gasteiger partial charge in [0.2, 0.25) is 0 Å². The Kier molecular flexibility index (Phi) is 4.33. The summed E-state index contributed by atoms with van der Waals surface area (Å²) in [6.07, 6.45) is 3.67. The number of hydrogen-bond acceptors (Lipinski definition) is 1. The minimum atomic E-state index is -0.567. The maximum Gasteiger partial charge on any atom is 0.133 e. The lowest BCUT2D eigenvalue weighted by Crippen LogP contribution is -2.21. The van der Waals surface area contributed by atoms with E-state index in [1.165, 1.54) is 12.1 Å². The minimum absolute atomic E-state index is 0.108. The molecule has 0 bridgehead atoms. The van der Waals surface area contributed by atoms with Gasteiger partial charge in [0.1, 0.15) is 17.4 Å². The van der Waals surface area contributed by atoms with Crippen LogP contribution in [0.25, 0.3) is 0 Å². The molecule has 0 amide bonds. The Morgan fingerprint density at radius 3 is 2.63 bits per heavy atom. The predicted octanol–water partition coefficient (Wildman–Crippen LogP) is 4.46. The first kappa shape index (κ1) is 14.2. The van der Waals surface area contributed by atoms with Gasteiger partial charge < -0.3 is 0 Å². The van der Waals surface area contributed by atoms with Gasteiger partial charge in [-0.2, -0.15) is 0 Å². The highest BCUT2D eigenvalue weighted by Gasteiger charge is 2.32. The molecular weight excluding hydrogens is 246 g/mol. The van der Waals surface area contributed by atoms with Crippen molar-refractivity contribution in [2.45, 2.75) is 45.4 Å². The maximum absolute atomic E-state index is 14.0. The first-order chi connectivity index (χ1) is 8.99. The van der Waals surface area contributed by atoms with Crippen molar-refractivity contribution in [3.63, 3.8) is 0 Å². The van der Waals surface area contributed by atoms with E-state index >= 15 is 0 Å². The van der Waals surface area contributed by atoms with Gasteiger partial charge in [0.15, 0.2) is 0 Å². The lowest BCUT2D eigenvalue weighted by atomic mass is 9.79. The van der Waals surface area contributed by atoms with E-state index in [9.17, 15) is 13.6 Å². The van der Waals surface area contributed by atoms with Crippen molar-refractivity contribution in [3.05, 3.63) is 35.4 Å². The summed E-state index contributed by atoms with van der Waals surface area (Å²) in [6, 6.07) is 3.70. The molecule has 1 fully saturated rings. The van der Waals surface area contributed by atoms with Crippen LogP contribution in [0.4, 0.5) is 8.78 Å². The summed E-state index contributed by atoms with van der Waals surface area (Å²) < 4.78 is 27.0. The molecule has 1 aromatic rings. The van der Waals surface area contributed by atoms with Gasteiger partial charge in [-0.1, -0.05) is 25.8 Å². The SMILES string of the molecule is CC(=O)C1CC(C)CCC[C@H]1c1ccc(F)cc1F. The fourth-order valence-corrected chi connectivity index (χ4v) is 3.23. The number of halogens is 2. The molecule has 0 heterocycles. The maximum atomic E-state index is 14.0. The number of carbonyl (C=O) groups excluding carboxylic acids is 1. The Morgan fingerprint density at radius 1 is 1.26 bits per heavy atom. The lowest BCUT2D eigenvalue weighted by molar-refractivity contribution is -0.121. The van der Waals surface area contributed by atoms with Gasteiger partial charge in [0, 0.05) is 12.0 Å². The molecular formula is C16H20F2O. The molecule has 0 saturated heterocycles. The quantitative estimate of drug-likeness (QED) is 0.722. The molecule has 0 radical (unpaired) electrons. The molecule has 104 valence electrons. The smallest absolute Gasteiger partial charge is 0.133 e. The van der Waals surface area contributed by atoms with E-state index in [-0.39, 0.29) is 17.6 Å². The van der Waals surface area contributed by atoms with Crippen LogP contribution in [0.15, 0.2) is 18.2 Å². The molecule has 1 aliphatic carbocycles. The molecule has 2 unspecified atom stereocenters. The van der Waals surface area contributed by atoms with Crippen LogP contribution in [0.5, 0.6) is 0 Å². The Hall–Kier alpha value is -1.25. The summed E-state index contributed by atoms with van der Waals surface area (Å²) in [7, 11) is 0. The molecule has 19 heavy (non-hydrogen) atoms. The summed E-state index contributed by atoms with van der Waals surface area (Å²) in [5.41, 5.74) is 0.496. The number of rotatable bonds is 2. The van der Waals surface area contributed by atoms with Gasteiger partial charge in [0.25, 0.3) is 0 Å². The van der Waals surface area contributed by atoms with Crippen LogP contribution >= 0.6 is 0 Å². The van der Waals surface area contributed by atoms with Gasteiger partial charge in [0.05, 0.1) is 0 Å². The van der Waals surface area contributed by atoms with Crippen molar-refractivity contribution in [1.82, 2.24) is 0 Å². The van der Waals surface area contributed by atoms with Crippen LogP contribution < -0.4 is 0 Å². The highest BCUT2D eigenvalue weighted by atomic mass is 19.1. The second-order valence-corrected chi connectivity index (χ2v) is 5.76. The van der Waals surface area contributed by atoms with E-state index in [1.54, 1.807) is 6.92 Å². The van der Waals surface area contributed by atoms with E-state index in [0.29, 0.717) is 11.5 Å². The summed E-state index contributed by atoms with van der Waals surface area (Å²) in [5.74, 6) is -0.737. The van der Waals surface area contributed by atoms with Crippen LogP contribution in [0.2, 0.25) is 0 Å². The van der Waals surface area contributed by atoms with Crippen LogP contribution in [0.1, 0.15) is 51.0 Å². The van der Waals surface area contributed by atoms with E-state index in [0.717, 1.165) is 31.7 Å². The number of benzene rings is 1. The Labute approximate surface area is 113 Å². The largest absolute Gasteiger partial charge is 0.300 e. The highest BCUT2D eigenvalue weighted by Crippen LogP contribution is 2.40. The van der Waals surface area contributed by atoms with E-state index in [4.69, 9.17) is 0 Å². The zero-order valence-electron chi connectivity index (χ0n) is 11.5. The number of carbonyl (C=O) groups is 1. The molecule has 3 atom stereocenters. The average molecular weight is 266 g/mol. The second-order valence-electron chi connectivity index (χ2n) is 5.76. The van der Waals surface area contributed by atoms with E-state index < -0.39 is 11.6 Å². The Balaban J connectivity index is 2.35. The van der Waals surface area contributed by atoms with Gasteiger partial charge in [-0.3, -0.25) is 4.79 Å². The number of hydrogen-bond donors (Lipinski definition) is 0. The highest BCUT2D eigenvalue weighted by molar-refractivity contribution is 5.79. The van der Waals surface area contributed by atoms with Crippen molar-refractivity contribution >= 4 is 5.78 Å². The van der Waals surface area contributed by atoms with Gasteiger partial charge >= 0.3 is 0 Å². The van der Waals surface area contributed by atoms with Crippen LogP contribution in [0, 0.1) is 23.5 Å². The topological polar surface area (TPSA) is 17.1 Å². The van der Waals surface area contributed by atoms with Crippen molar-refractivity contribution in [1.29, 1.82) is 0 Å². The number of Topliss-reactive ketones (excluding diaryl/α,β-unsaturated/α-hetero) is 1. The number of ketones is 1. The molecule has 0 aliphatic heterocycles. The van der Waals surface area contributed by atoms with Crippen molar-refractivity contribution in [2.75, 3.05) is 0 Å². The molecule has 2 rings (SSSR count). The monoisotopic (exact) mass is 266 g/mol. The third kappa shape index (κ3) is 3.20. The zero-order chi connectivity index (χ0) is 14.0. The lowest BCUT2D eigenvalue weighted by Gasteiger charge is -2.24. The third-order valence-corrected chi connectivity index (χ3v) is 4.24. The average Bonchev–Trinajstić information content (AvgIpc) is 2.51. The van der Waals surface area contributed by atoms with Crippen LogP contribution in [-0.2, 0) is 4.79 Å². The van der Waals surface area contributed by atoms with E-state index in [2.05, 4.69) is 6.92 Å². The standard InChI is InChI=1S/C16H20F2O/c1-10-4-3-5-13(15(8-10)11(2)19)14-7-6-12(17)9-16(14)18/h6-7,9-10,13,15H,3-5,8H2,1-2H3/t10?,13-,15?/m0/s1. The second kappa shape index (κ2) is 5.81. The van der Waals surface area contributed by atoms with Gasteiger partial charge in [-0.25, -0.2) is 8.78 Å². The van der Waals surface area contributed by atoms with Crippen molar-refractivity contribution in [3.8, 4) is 0 Å². The predicted molar refractivity (Wildman–Crippen MR) is 70.9 cm³/mol. The molecule has 3 heteroatoms. The molecule has 1 aromatic carbocycles. The first-order valence-electron chi connectivity index (χ1n) is 6.94. The molecule has 0 N–H and O–H groups in total. The van der Waals surface area contributed by atoms with Crippen molar-refractivity contribution < 1.29 is 13.6 Å². The Bertz CT molecular complexity index is 470. The fourth-order valence-electron chi connectivity index (χ4n) is 3.23. The van der Waals surface area contributed by atoms with Crippen molar-refractivity contribution in [2.24, 2.45) is 11.8 Å². The fraction of sp³-hybridized carbons (Fsp3) is 0.562. The molecule has 0 spiro atoms. The summed E-state index contributed by atoms with van der Waals surface area (Å²) in [4.78, 5) is 11.9. The zero-order valence-corrected chi connectivity index (χ0v) is 11.5. The summed E-state index contributed by atoms with van der Waals surface area (Å²) in [5, 5.41) is 0. The molecule has 0 aromatic heterocycles. The summed E-state index contributed by atoms with van der Waals surface area (Å²) >= 11 is 0. The van der Waals surface area contributed by atoms with Gasteiger partial charge in [-0.15, -0.1) is 0 Å². The van der Waals surface area contributed by atoms with Gasteiger partial charge in [-0.05, 0) is 43.2 Å². The summed E-state index contributed by atoms with van der Waals surface area (Å²) in [6.45, 7) is 3.72. The van der Waals surface area contributed by atoms with Crippen LogP contribution in [0.3, 0.4) is 0 Å².